The molecule has 1 heterocycles. The van der Waals surface area contributed by atoms with E-state index in [2.05, 4.69) is 69.3 Å². The van der Waals surface area contributed by atoms with E-state index >= 15 is 0 Å². The smallest absolute Gasteiger partial charge is 0.240 e. The number of nitrogens with zero attached hydrogens (tertiary/aromatic N) is 1. The van der Waals surface area contributed by atoms with Crippen LogP contribution in [-0.2, 0) is 23.0 Å². The topological polar surface area (TPSA) is 40.2 Å². The second-order valence-electron chi connectivity index (χ2n) is 9.54. The predicted molar refractivity (Wildman–Crippen MR) is 151 cm³/mol. The molecule has 7 heteroatoms. The van der Waals surface area contributed by atoms with Crippen molar-refractivity contribution in [3.63, 3.8) is 0 Å². The number of halogens is 3. The third-order valence-corrected chi connectivity index (χ3v) is 9.45. The van der Waals surface area contributed by atoms with E-state index in [1.165, 1.54) is 10.4 Å². The van der Waals surface area contributed by atoms with Crippen molar-refractivity contribution >= 4 is 54.2 Å². The first-order chi connectivity index (χ1) is 16.7. The Hall–Kier alpha value is -2.05. The maximum absolute atomic E-state index is 7.00. The van der Waals surface area contributed by atoms with Gasteiger partial charge in [0.1, 0.15) is 0 Å². The zero-order valence-corrected chi connectivity index (χ0v) is 23.5. The van der Waals surface area contributed by atoms with Crippen LogP contribution in [0.4, 0.5) is 0 Å². The third-order valence-electron chi connectivity index (χ3n) is 5.95. The molecule has 0 fully saturated rings. The number of aromatic nitrogens is 1. The maximum Gasteiger partial charge on any atom is 0.240 e. The molecule has 0 spiro atoms. The summed E-state index contributed by atoms with van der Waals surface area (Å²) in [5.74, 6) is 0. The fourth-order valence-corrected chi connectivity index (χ4v) is 7.83. The molecule has 0 saturated heterocycles. The molecule has 0 aliphatic carbocycles. The van der Waals surface area contributed by atoms with Crippen LogP contribution in [0.3, 0.4) is 0 Å². The van der Waals surface area contributed by atoms with Gasteiger partial charge < -0.3 is 14.7 Å². The molecular formula is C28H29Cl3N2OSi. The summed E-state index contributed by atoms with van der Waals surface area (Å²) in [6, 6.07) is 24.6. The highest BCUT2D eigenvalue weighted by Crippen LogP contribution is 2.42. The van der Waals surface area contributed by atoms with Crippen molar-refractivity contribution < 1.29 is 4.43 Å². The van der Waals surface area contributed by atoms with Crippen LogP contribution in [0.1, 0.15) is 37.6 Å². The Morgan fingerprint density at radius 2 is 1.43 bits per heavy atom. The van der Waals surface area contributed by atoms with Crippen LogP contribution in [0.25, 0.3) is 5.69 Å². The lowest BCUT2D eigenvalue weighted by atomic mass is 9.85. The minimum absolute atomic E-state index is 0.283. The average molecular weight is 544 g/mol. The van der Waals surface area contributed by atoms with Crippen LogP contribution >= 0.6 is 34.8 Å². The highest BCUT2D eigenvalue weighted by molar-refractivity contribution is 6.80. The van der Waals surface area contributed by atoms with Gasteiger partial charge in [0, 0.05) is 18.4 Å². The zero-order chi connectivity index (χ0) is 25.2. The summed E-state index contributed by atoms with van der Waals surface area (Å²) in [7, 11) is -1.95. The normalized spacial score (nSPS) is 11.9. The molecule has 4 aromatic rings. The number of hydrogen-bond acceptors (Lipinski definition) is 2. The fourth-order valence-electron chi connectivity index (χ4n) is 4.28. The largest absolute Gasteiger partial charge is 0.407 e. The molecule has 35 heavy (non-hydrogen) atoms. The van der Waals surface area contributed by atoms with E-state index in [0.29, 0.717) is 28.2 Å². The fraction of sp³-hybridized carbons (Fsp3) is 0.214. The Labute approximate surface area is 224 Å². The molecule has 0 bridgehead atoms. The summed E-state index contributed by atoms with van der Waals surface area (Å²) in [6.45, 7) is 7.00. The van der Waals surface area contributed by atoms with Crippen molar-refractivity contribution in [3.05, 3.63) is 111 Å². The van der Waals surface area contributed by atoms with Crippen molar-refractivity contribution in [2.75, 3.05) is 0 Å². The van der Waals surface area contributed by atoms with E-state index in [-0.39, 0.29) is 5.41 Å². The van der Waals surface area contributed by atoms with Crippen LogP contribution in [0.2, 0.25) is 15.1 Å². The Balaban J connectivity index is 1.80. The van der Waals surface area contributed by atoms with E-state index in [9.17, 15) is 0 Å². The molecule has 0 atom stereocenters. The van der Waals surface area contributed by atoms with Gasteiger partial charge in [0.25, 0.3) is 0 Å². The van der Waals surface area contributed by atoms with Gasteiger partial charge in [-0.15, -0.1) is 0 Å². The van der Waals surface area contributed by atoms with Gasteiger partial charge in [-0.05, 0) is 39.0 Å². The molecule has 3 aromatic carbocycles. The summed E-state index contributed by atoms with van der Waals surface area (Å²) in [5, 5.41) is 4.25. The summed E-state index contributed by atoms with van der Waals surface area (Å²) in [4.78, 5) is 0. The first kappa shape index (κ1) is 26.0. The Morgan fingerprint density at radius 3 is 1.94 bits per heavy atom. The van der Waals surface area contributed by atoms with Gasteiger partial charge in [0.2, 0.25) is 9.04 Å². The number of rotatable bonds is 7. The molecule has 0 amide bonds. The minimum atomic E-state index is -1.95. The van der Waals surface area contributed by atoms with Gasteiger partial charge in [-0.1, -0.05) is 116 Å². The van der Waals surface area contributed by atoms with Crippen molar-refractivity contribution in [1.29, 1.82) is 0 Å². The maximum atomic E-state index is 7.00. The van der Waals surface area contributed by atoms with Crippen LogP contribution in [-0.4, -0.2) is 13.6 Å². The van der Waals surface area contributed by atoms with Crippen molar-refractivity contribution in [3.8, 4) is 5.69 Å². The second-order valence-corrected chi connectivity index (χ2v) is 13.2. The van der Waals surface area contributed by atoms with Gasteiger partial charge in [0.05, 0.1) is 27.4 Å². The van der Waals surface area contributed by atoms with Gasteiger partial charge in [-0.3, -0.25) is 0 Å². The Morgan fingerprint density at radius 1 is 0.857 bits per heavy atom. The van der Waals surface area contributed by atoms with Gasteiger partial charge in [0.15, 0.2) is 0 Å². The van der Waals surface area contributed by atoms with Crippen molar-refractivity contribution in [2.24, 2.45) is 5.73 Å². The first-order valence-electron chi connectivity index (χ1n) is 11.5. The standard InChI is InChI=1S/C28H29Cl3N2OSi/c1-28(2,3)25-26(30)19(14-24(27(25)31)33-17-20(29)15-21(33)16-32)18-34-35(22-10-6-4-7-11-22)23-12-8-5-9-13-23/h4-15,17,35H,16,18,32H2,1-3H3. The van der Waals surface area contributed by atoms with Crippen LogP contribution in [0, 0.1) is 0 Å². The summed E-state index contributed by atoms with van der Waals surface area (Å²) >= 11 is 20.3. The lowest BCUT2D eigenvalue weighted by Gasteiger charge is -2.27. The van der Waals surface area contributed by atoms with E-state index in [1.54, 1.807) is 0 Å². The molecular weight excluding hydrogens is 515 g/mol. The first-order valence-corrected chi connectivity index (χ1v) is 14.3. The second kappa shape index (κ2) is 10.9. The summed E-state index contributed by atoms with van der Waals surface area (Å²) in [5.41, 5.74) is 9.14. The zero-order valence-electron chi connectivity index (χ0n) is 20.1. The highest BCUT2D eigenvalue weighted by atomic mass is 35.5. The average Bonchev–Trinajstić information content (AvgIpc) is 3.21. The molecule has 3 nitrogen and oxygen atoms in total. The monoisotopic (exact) mass is 542 g/mol. The molecule has 0 radical (unpaired) electrons. The van der Waals surface area contributed by atoms with E-state index in [1.807, 2.05) is 35.0 Å². The van der Waals surface area contributed by atoms with Crippen molar-refractivity contribution in [2.45, 2.75) is 39.3 Å². The van der Waals surface area contributed by atoms with Crippen molar-refractivity contribution in [1.82, 2.24) is 4.57 Å². The molecule has 2 N–H and O–H groups in total. The molecule has 0 aliphatic rings. The Bertz CT molecular complexity index is 1260. The number of hydrogen-bond donors (Lipinski definition) is 1. The molecule has 0 saturated carbocycles. The summed E-state index contributed by atoms with van der Waals surface area (Å²) < 4.78 is 8.64. The molecule has 1 aromatic heterocycles. The molecule has 0 aliphatic heterocycles. The van der Waals surface area contributed by atoms with Gasteiger partial charge >= 0.3 is 0 Å². The van der Waals surface area contributed by atoms with Crippen LogP contribution < -0.4 is 16.1 Å². The molecule has 4 rings (SSSR count). The summed E-state index contributed by atoms with van der Waals surface area (Å²) in [6.07, 6.45) is 1.83. The van der Waals surface area contributed by atoms with Gasteiger partial charge in [-0.2, -0.15) is 0 Å². The SMILES string of the molecule is CC(C)(C)c1c(Cl)c(CO[SiH](c2ccccc2)c2ccccc2)cc(-n2cc(Cl)cc2CN)c1Cl. The van der Waals surface area contributed by atoms with E-state index in [4.69, 9.17) is 45.0 Å². The van der Waals surface area contributed by atoms with Crippen LogP contribution in [0.5, 0.6) is 0 Å². The van der Waals surface area contributed by atoms with Gasteiger partial charge in [-0.25, -0.2) is 0 Å². The van der Waals surface area contributed by atoms with E-state index < -0.39 is 9.04 Å². The quantitative estimate of drug-likeness (QED) is 0.280. The lowest BCUT2D eigenvalue weighted by molar-refractivity contribution is 0.321. The predicted octanol–water partition coefficient (Wildman–Crippen LogP) is 6.25. The number of nitrogens with two attached hydrogens (primary N) is 1. The lowest BCUT2D eigenvalue weighted by Crippen LogP contribution is -2.44. The molecule has 182 valence electrons. The minimum Gasteiger partial charge on any atom is -0.407 e. The third kappa shape index (κ3) is 5.69. The number of benzene rings is 3. The van der Waals surface area contributed by atoms with Crippen LogP contribution in [0.15, 0.2) is 79.0 Å². The Kier molecular flexibility index (Phi) is 8.11. The van der Waals surface area contributed by atoms with E-state index in [0.717, 1.165) is 22.5 Å². The highest BCUT2D eigenvalue weighted by Gasteiger charge is 2.27. The molecule has 0 unspecified atom stereocenters.